The number of ether oxygens (including phenoxy) is 1. The van der Waals surface area contributed by atoms with E-state index in [4.69, 9.17) is 14.9 Å². The minimum Gasteiger partial charge on any atom is -0.474 e. The summed E-state index contributed by atoms with van der Waals surface area (Å²) in [4.78, 5) is 53.2. The van der Waals surface area contributed by atoms with Crippen molar-refractivity contribution < 1.29 is 39.6 Å². The topological polar surface area (TPSA) is 203 Å². The molecule has 1 fully saturated rings. The highest BCUT2D eigenvalue weighted by molar-refractivity contribution is 6.37. The number of hydrogen-bond donors (Lipinski definition) is 4. The van der Waals surface area contributed by atoms with Crippen molar-refractivity contribution in [2.45, 2.75) is 0 Å². The molecule has 136 valence electrons. The molecular weight excluding hydrogens is 342 g/mol. The van der Waals surface area contributed by atoms with Gasteiger partial charge in [0.1, 0.15) is 11.6 Å². The van der Waals surface area contributed by atoms with E-state index in [1.54, 1.807) is 4.90 Å². The first-order chi connectivity index (χ1) is 11.4. The molecule has 1 aromatic rings. The van der Waals surface area contributed by atoms with Crippen LogP contribution in [0.3, 0.4) is 0 Å². The fourth-order valence-electron chi connectivity index (χ4n) is 1.83. The molecule has 0 radical (unpaired) electrons. The van der Waals surface area contributed by atoms with Crippen molar-refractivity contribution in [3.63, 3.8) is 0 Å². The predicted molar refractivity (Wildman–Crippen MR) is 81.2 cm³/mol. The van der Waals surface area contributed by atoms with E-state index in [1.807, 2.05) is 10.6 Å². The molecule has 1 saturated heterocycles. The van der Waals surface area contributed by atoms with Gasteiger partial charge in [0.05, 0.1) is 13.2 Å². The van der Waals surface area contributed by atoms with Crippen molar-refractivity contribution in [2.75, 3.05) is 41.8 Å². The Labute approximate surface area is 139 Å². The van der Waals surface area contributed by atoms with Crippen LogP contribution in [-0.2, 0) is 23.9 Å². The van der Waals surface area contributed by atoms with E-state index in [1.165, 1.54) is 6.07 Å². The highest BCUT2D eigenvalue weighted by atomic mass is 16.5. The number of aromatic nitrogens is 2. The van der Waals surface area contributed by atoms with E-state index in [0.29, 0.717) is 26.3 Å². The van der Waals surface area contributed by atoms with E-state index >= 15 is 0 Å². The highest BCUT2D eigenvalue weighted by Gasteiger charge is 2.20. The molecule has 13 nitrogen and oxygen atoms in total. The summed E-state index contributed by atoms with van der Waals surface area (Å²) in [5.74, 6) is -6.48. The van der Waals surface area contributed by atoms with Crippen LogP contribution < -0.4 is 15.5 Å². The number of nitrogens with one attached hydrogen (secondary N) is 2. The lowest BCUT2D eigenvalue weighted by Gasteiger charge is -2.28. The zero-order valence-electron chi connectivity index (χ0n) is 12.7. The van der Waals surface area contributed by atoms with Crippen LogP contribution in [-0.4, -0.2) is 75.7 Å². The van der Waals surface area contributed by atoms with Crippen LogP contribution in [0.25, 0.3) is 0 Å². The molecule has 1 aromatic heterocycles. The molecule has 0 atom stereocenters. The lowest BCUT2D eigenvalue weighted by Crippen LogP contribution is -2.37. The Balaban J connectivity index is 0.00000312. The van der Waals surface area contributed by atoms with Crippen LogP contribution >= 0.6 is 0 Å². The second-order valence-corrected chi connectivity index (χ2v) is 4.55. The molecule has 0 aromatic carbocycles. The van der Waals surface area contributed by atoms with E-state index in [0.717, 1.165) is 0 Å². The van der Waals surface area contributed by atoms with Gasteiger partial charge in [0.15, 0.2) is 0 Å². The number of nitrogens with zero attached hydrogens (tertiary/aromatic N) is 3. The first-order valence-electron chi connectivity index (χ1n) is 6.67. The number of carboxylic acid groups (broad SMARTS) is 2. The Bertz CT molecular complexity index is 642. The van der Waals surface area contributed by atoms with Crippen molar-refractivity contribution in [2.24, 2.45) is 0 Å². The molecule has 0 bridgehead atoms. The van der Waals surface area contributed by atoms with Gasteiger partial charge in [0.25, 0.3) is 0 Å². The summed E-state index contributed by atoms with van der Waals surface area (Å²) in [6.07, 6.45) is 0. The minimum atomic E-state index is -1.74. The lowest BCUT2D eigenvalue weighted by atomic mass is 10.4. The van der Waals surface area contributed by atoms with Gasteiger partial charge in [-0.25, -0.2) is 9.59 Å². The number of hydrogen-bond acceptors (Lipinski definition) is 8. The van der Waals surface area contributed by atoms with Gasteiger partial charge >= 0.3 is 23.8 Å². The van der Waals surface area contributed by atoms with Crippen LogP contribution in [0.4, 0.5) is 17.6 Å². The van der Waals surface area contributed by atoms with Gasteiger partial charge < -0.3 is 30.6 Å². The number of amides is 2. The zero-order valence-corrected chi connectivity index (χ0v) is 12.7. The second-order valence-electron chi connectivity index (χ2n) is 4.55. The monoisotopic (exact) mass is 357 g/mol. The van der Waals surface area contributed by atoms with E-state index in [9.17, 15) is 19.2 Å². The quantitative estimate of drug-likeness (QED) is 0.420. The molecule has 2 amide bonds. The van der Waals surface area contributed by atoms with E-state index in [2.05, 4.69) is 9.97 Å². The number of carbonyl (C=O) groups excluding carboxylic acids is 2. The molecule has 6 N–H and O–H groups in total. The van der Waals surface area contributed by atoms with Crippen molar-refractivity contribution in [3.05, 3.63) is 6.07 Å². The van der Waals surface area contributed by atoms with Gasteiger partial charge in [-0.15, -0.1) is 0 Å². The van der Waals surface area contributed by atoms with Gasteiger partial charge in [-0.05, 0) is 0 Å². The van der Waals surface area contributed by atoms with Crippen LogP contribution in [0, 0.1) is 0 Å². The van der Waals surface area contributed by atoms with Crippen LogP contribution in [0.5, 0.6) is 0 Å². The van der Waals surface area contributed by atoms with Crippen LogP contribution in [0.2, 0.25) is 0 Å². The van der Waals surface area contributed by atoms with Gasteiger partial charge in [-0.1, -0.05) is 0 Å². The third kappa shape index (κ3) is 5.36. The molecule has 1 aliphatic rings. The molecule has 0 unspecified atom stereocenters. The minimum absolute atomic E-state index is 0. The Kier molecular flexibility index (Phi) is 6.71. The first kappa shape index (κ1) is 19.7. The largest absolute Gasteiger partial charge is 0.474 e. The molecule has 2 rings (SSSR count). The standard InChI is InChI=1S/C12H13N5O7.H2O/c18-8(10(20)21)13-6-5-7(17-1-3-24-4-2-17)15-12(14-6)16-9(19)11(22)23;/h5H,1-4H2,(H,20,21)(H,22,23)(H2,13,14,15,16,18,19);1H2. The van der Waals surface area contributed by atoms with E-state index < -0.39 is 23.8 Å². The zero-order chi connectivity index (χ0) is 17.7. The molecule has 1 aliphatic heterocycles. The fraction of sp³-hybridized carbons (Fsp3) is 0.333. The molecular formula is C12H15N5O8. The Morgan fingerprint density at radius 3 is 2.12 bits per heavy atom. The Morgan fingerprint density at radius 2 is 1.56 bits per heavy atom. The smallest absolute Gasteiger partial charge is 0.394 e. The molecule has 0 saturated carbocycles. The van der Waals surface area contributed by atoms with Gasteiger partial charge in [-0.3, -0.25) is 14.9 Å². The molecule has 13 heteroatoms. The van der Waals surface area contributed by atoms with Crippen molar-refractivity contribution in [3.8, 4) is 0 Å². The van der Waals surface area contributed by atoms with E-state index in [-0.39, 0.29) is 23.1 Å². The van der Waals surface area contributed by atoms with Crippen LogP contribution in [0.15, 0.2) is 6.07 Å². The normalized spacial score (nSPS) is 13.4. The fourth-order valence-corrected chi connectivity index (χ4v) is 1.83. The predicted octanol–water partition coefficient (Wildman–Crippen LogP) is -2.47. The summed E-state index contributed by atoms with van der Waals surface area (Å²) in [5.41, 5.74) is 0. The van der Waals surface area contributed by atoms with Crippen molar-refractivity contribution in [1.82, 2.24) is 9.97 Å². The summed E-state index contributed by atoms with van der Waals surface area (Å²) in [5, 5.41) is 21.2. The third-order valence-electron chi connectivity index (χ3n) is 2.90. The average Bonchev–Trinajstić information content (AvgIpc) is 2.55. The maximum absolute atomic E-state index is 11.3. The number of aliphatic carboxylic acids is 2. The number of morpholine rings is 1. The molecule has 2 heterocycles. The maximum Gasteiger partial charge on any atom is 0.394 e. The van der Waals surface area contributed by atoms with Crippen molar-refractivity contribution in [1.29, 1.82) is 0 Å². The summed E-state index contributed by atoms with van der Waals surface area (Å²) in [6, 6.07) is 1.31. The summed E-state index contributed by atoms with van der Waals surface area (Å²) < 4.78 is 5.19. The Morgan fingerprint density at radius 1 is 1.00 bits per heavy atom. The second kappa shape index (κ2) is 8.51. The lowest BCUT2D eigenvalue weighted by molar-refractivity contribution is -0.147. The molecule has 25 heavy (non-hydrogen) atoms. The number of anilines is 3. The highest BCUT2D eigenvalue weighted by Crippen LogP contribution is 2.19. The maximum atomic E-state index is 11.3. The third-order valence-corrected chi connectivity index (χ3v) is 2.90. The van der Waals surface area contributed by atoms with Gasteiger partial charge in [0.2, 0.25) is 5.95 Å². The van der Waals surface area contributed by atoms with Gasteiger partial charge in [-0.2, -0.15) is 9.97 Å². The Hall–Kier alpha value is -3.32. The SMILES string of the molecule is O.O=C(O)C(=O)Nc1cc(N2CCOCC2)nc(NC(=O)C(=O)O)n1. The summed E-state index contributed by atoms with van der Waals surface area (Å²) in [7, 11) is 0. The average molecular weight is 357 g/mol. The van der Waals surface area contributed by atoms with Crippen molar-refractivity contribution >= 4 is 41.3 Å². The number of carboxylic acids is 2. The van der Waals surface area contributed by atoms with Crippen LogP contribution in [0.1, 0.15) is 0 Å². The summed E-state index contributed by atoms with van der Waals surface area (Å²) >= 11 is 0. The van der Waals surface area contributed by atoms with Gasteiger partial charge in [0, 0.05) is 19.2 Å². The number of carbonyl (C=O) groups is 4. The first-order valence-corrected chi connectivity index (χ1v) is 6.67. The number of rotatable bonds is 3. The summed E-state index contributed by atoms with van der Waals surface area (Å²) in [6.45, 7) is 1.79. The molecule has 0 aliphatic carbocycles. The molecule has 0 spiro atoms.